The molecule has 1 atom stereocenters. The summed E-state index contributed by atoms with van der Waals surface area (Å²) >= 11 is 0. The van der Waals surface area contributed by atoms with Gasteiger partial charge in [0.1, 0.15) is 0 Å². The lowest BCUT2D eigenvalue weighted by atomic mass is 9.62. The fourth-order valence-electron chi connectivity index (χ4n) is 4.06. The molecule has 0 saturated heterocycles. The van der Waals surface area contributed by atoms with Crippen LogP contribution in [0, 0.1) is 11.3 Å². The van der Waals surface area contributed by atoms with Gasteiger partial charge < -0.3 is 9.90 Å². The highest BCUT2D eigenvalue weighted by Crippen LogP contribution is 2.48. The van der Waals surface area contributed by atoms with Crippen LogP contribution in [0.5, 0.6) is 0 Å². The molecule has 2 rings (SSSR count). The molecule has 2 nitrogen and oxygen atoms in total. The molecule has 0 N–H and O–H groups in total. The maximum atomic E-state index is 11.5. The molecular formula is C15H25O2-. The van der Waals surface area contributed by atoms with Gasteiger partial charge in [-0.05, 0) is 31.1 Å². The Morgan fingerprint density at radius 2 is 1.29 bits per heavy atom. The van der Waals surface area contributed by atoms with Gasteiger partial charge in [-0.3, -0.25) is 0 Å². The number of aliphatic carboxylic acids is 1. The first-order valence-electron chi connectivity index (χ1n) is 7.45. The summed E-state index contributed by atoms with van der Waals surface area (Å²) in [4.78, 5) is 11.5. The smallest absolute Gasteiger partial charge is 0.0450 e. The van der Waals surface area contributed by atoms with E-state index in [0.29, 0.717) is 0 Å². The van der Waals surface area contributed by atoms with Crippen LogP contribution in [0.15, 0.2) is 0 Å². The molecule has 17 heavy (non-hydrogen) atoms. The van der Waals surface area contributed by atoms with E-state index in [1.165, 1.54) is 44.9 Å². The number of carbonyl (C=O) groups excluding carboxylic acids is 1. The van der Waals surface area contributed by atoms with E-state index in [-0.39, 0.29) is 11.3 Å². The van der Waals surface area contributed by atoms with Crippen molar-refractivity contribution in [1.29, 1.82) is 0 Å². The Hall–Kier alpha value is -0.530. The number of rotatable bonds is 1. The minimum atomic E-state index is -0.770. The van der Waals surface area contributed by atoms with E-state index in [0.717, 1.165) is 32.1 Å². The summed E-state index contributed by atoms with van der Waals surface area (Å²) in [7, 11) is 0. The molecule has 2 saturated carbocycles. The number of hydrogen-bond acceptors (Lipinski definition) is 2. The molecule has 98 valence electrons. The molecule has 0 aliphatic heterocycles. The van der Waals surface area contributed by atoms with E-state index in [2.05, 4.69) is 0 Å². The lowest BCUT2D eigenvalue weighted by Gasteiger charge is -2.44. The van der Waals surface area contributed by atoms with Crippen molar-refractivity contribution >= 4 is 5.97 Å². The van der Waals surface area contributed by atoms with Crippen LogP contribution in [0.2, 0.25) is 0 Å². The lowest BCUT2D eigenvalue weighted by Crippen LogP contribution is -2.44. The maximum absolute atomic E-state index is 11.5. The largest absolute Gasteiger partial charge is 0.550 e. The standard InChI is InChI=1S/C15H26O2/c16-14(17)13-9-5-2-1-3-6-10-15(13)11-7-4-8-12-15/h13H,1-12H2,(H,16,17)/p-1. The van der Waals surface area contributed by atoms with Crippen LogP contribution in [0.4, 0.5) is 0 Å². The van der Waals surface area contributed by atoms with Gasteiger partial charge in [0.15, 0.2) is 0 Å². The molecule has 1 unspecified atom stereocenters. The van der Waals surface area contributed by atoms with Crippen LogP contribution >= 0.6 is 0 Å². The fraction of sp³-hybridized carbons (Fsp3) is 0.933. The molecule has 2 heteroatoms. The summed E-state index contributed by atoms with van der Waals surface area (Å²) in [6.07, 6.45) is 14.1. The lowest BCUT2D eigenvalue weighted by molar-refractivity contribution is -0.316. The van der Waals surface area contributed by atoms with Gasteiger partial charge in [-0.1, -0.05) is 51.4 Å². The van der Waals surface area contributed by atoms with Crippen LogP contribution in [-0.2, 0) is 4.79 Å². The number of carbonyl (C=O) groups is 1. The van der Waals surface area contributed by atoms with Crippen molar-refractivity contribution in [3.8, 4) is 0 Å². The third-order valence-corrected chi connectivity index (χ3v) is 5.04. The molecule has 1 spiro atoms. The maximum Gasteiger partial charge on any atom is 0.0450 e. The Morgan fingerprint density at radius 1 is 0.824 bits per heavy atom. The number of carboxylic acid groups (broad SMARTS) is 1. The van der Waals surface area contributed by atoms with Gasteiger partial charge >= 0.3 is 0 Å². The second kappa shape index (κ2) is 5.88. The van der Waals surface area contributed by atoms with E-state index >= 15 is 0 Å². The van der Waals surface area contributed by atoms with Crippen LogP contribution in [0.3, 0.4) is 0 Å². The highest BCUT2D eigenvalue weighted by atomic mass is 16.4. The average molecular weight is 237 g/mol. The van der Waals surface area contributed by atoms with Crippen molar-refractivity contribution in [1.82, 2.24) is 0 Å². The van der Waals surface area contributed by atoms with Crippen LogP contribution < -0.4 is 5.11 Å². The molecule has 0 amide bonds. The van der Waals surface area contributed by atoms with E-state index in [4.69, 9.17) is 0 Å². The summed E-state index contributed by atoms with van der Waals surface area (Å²) in [5.74, 6) is -0.935. The monoisotopic (exact) mass is 237 g/mol. The van der Waals surface area contributed by atoms with Gasteiger partial charge in [-0.25, -0.2) is 0 Å². The number of carboxylic acids is 1. The van der Waals surface area contributed by atoms with Crippen LogP contribution in [0.1, 0.15) is 77.0 Å². The highest BCUT2D eigenvalue weighted by Gasteiger charge is 2.39. The normalized spacial score (nSPS) is 30.2. The molecule has 0 aromatic rings. The third-order valence-electron chi connectivity index (χ3n) is 5.04. The van der Waals surface area contributed by atoms with Gasteiger partial charge in [0.2, 0.25) is 0 Å². The Morgan fingerprint density at radius 3 is 1.88 bits per heavy atom. The molecule has 0 radical (unpaired) electrons. The molecule has 0 aromatic carbocycles. The predicted octanol–water partition coefficient (Wildman–Crippen LogP) is 3.05. The van der Waals surface area contributed by atoms with Gasteiger partial charge in [0.25, 0.3) is 0 Å². The summed E-state index contributed by atoms with van der Waals surface area (Å²) in [6, 6.07) is 0. The Bertz CT molecular complexity index is 254. The fourth-order valence-corrected chi connectivity index (χ4v) is 4.06. The predicted molar refractivity (Wildman–Crippen MR) is 66.3 cm³/mol. The SMILES string of the molecule is O=C([O-])C1CCCCCCCC12CCCCC2. The van der Waals surface area contributed by atoms with Gasteiger partial charge in [-0.15, -0.1) is 0 Å². The zero-order valence-electron chi connectivity index (χ0n) is 10.9. The Kier molecular flexibility index (Phi) is 4.47. The molecule has 0 aromatic heterocycles. The topological polar surface area (TPSA) is 40.1 Å². The van der Waals surface area contributed by atoms with Crippen LogP contribution in [-0.4, -0.2) is 5.97 Å². The van der Waals surface area contributed by atoms with E-state index in [9.17, 15) is 9.90 Å². The van der Waals surface area contributed by atoms with Crippen molar-refractivity contribution in [3.63, 3.8) is 0 Å². The molecular weight excluding hydrogens is 212 g/mol. The van der Waals surface area contributed by atoms with Crippen molar-refractivity contribution in [2.24, 2.45) is 11.3 Å². The minimum Gasteiger partial charge on any atom is -0.550 e. The van der Waals surface area contributed by atoms with Crippen LogP contribution in [0.25, 0.3) is 0 Å². The minimum absolute atomic E-state index is 0.0986. The molecule has 2 aliphatic rings. The van der Waals surface area contributed by atoms with E-state index < -0.39 is 5.97 Å². The molecule has 2 aliphatic carbocycles. The molecule has 0 heterocycles. The average Bonchev–Trinajstić information content (AvgIpc) is 2.41. The van der Waals surface area contributed by atoms with Crippen molar-refractivity contribution in [2.75, 3.05) is 0 Å². The summed E-state index contributed by atoms with van der Waals surface area (Å²) in [5, 5.41) is 11.5. The van der Waals surface area contributed by atoms with Crippen molar-refractivity contribution in [3.05, 3.63) is 0 Å². The summed E-state index contributed by atoms with van der Waals surface area (Å²) in [5.41, 5.74) is 0.0986. The second-order valence-corrected chi connectivity index (χ2v) is 6.10. The zero-order chi connectivity index (χ0) is 12.1. The van der Waals surface area contributed by atoms with E-state index in [1.54, 1.807) is 0 Å². The first-order chi connectivity index (χ1) is 8.25. The van der Waals surface area contributed by atoms with Gasteiger partial charge in [0.05, 0.1) is 0 Å². The van der Waals surface area contributed by atoms with Gasteiger partial charge in [-0.2, -0.15) is 0 Å². The summed E-state index contributed by atoms with van der Waals surface area (Å²) in [6.45, 7) is 0. The van der Waals surface area contributed by atoms with Gasteiger partial charge in [0, 0.05) is 11.9 Å². The summed E-state index contributed by atoms with van der Waals surface area (Å²) < 4.78 is 0. The third kappa shape index (κ3) is 3.02. The Balaban J connectivity index is 2.15. The first-order valence-corrected chi connectivity index (χ1v) is 7.45. The quantitative estimate of drug-likeness (QED) is 0.703. The van der Waals surface area contributed by atoms with Crippen molar-refractivity contribution in [2.45, 2.75) is 77.0 Å². The molecule has 0 bridgehead atoms. The second-order valence-electron chi connectivity index (χ2n) is 6.10. The Labute approximate surface area is 105 Å². The van der Waals surface area contributed by atoms with Crippen molar-refractivity contribution < 1.29 is 9.90 Å². The molecule has 2 fully saturated rings. The first kappa shape index (κ1) is 12.9. The zero-order valence-corrected chi connectivity index (χ0v) is 10.9. The van der Waals surface area contributed by atoms with E-state index in [1.807, 2.05) is 0 Å². The number of hydrogen-bond donors (Lipinski definition) is 0. The highest BCUT2D eigenvalue weighted by molar-refractivity contribution is 5.68.